The number of nitrogens with one attached hydrogen (secondary N) is 1. The Morgan fingerprint density at radius 2 is 1.93 bits per heavy atom. The smallest absolute Gasteiger partial charge is 0.0477 e. The lowest BCUT2D eigenvalue weighted by Crippen LogP contribution is -2.35. The van der Waals surface area contributed by atoms with Gasteiger partial charge in [0.2, 0.25) is 0 Å². The predicted molar refractivity (Wildman–Crippen MR) is 66.0 cm³/mol. The summed E-state index contributed by atoms with van der Waals surface area (Å²) < 4.78 is 4.98. The molecule has 1 unspecified atom stereocenters. The van der Waals surface area contributed by atoms with Gasteiger partial charge in [0.05, 0.1) is 0 Å². The van der Waals surface area contributed by atoms with E-state index in [1.807, 2.05) is 0 Å². The number of methoxy groups -OCH3 is 1. The van der Waals surface area contributed by atoms with Crippen molar-refractivity contribution >= 4 is 0 Å². The number of ether oxygens (including phenoxy) is 1. The predicted octanol–water partition coefficient (Wildman–Crippen LogP) is 1.77. The minimum Gasteiger partial charge on any atom is -0.385 e. The molecule has 0 saturated carbocycles. The van der Waals surface area contributed by atoms with Gasteiger partial charge in [-0.3, -0.25) is 0 Å². The van der Waals surface area contributed by atoms with Crippen LogP contribution in [-0.2, 0) is 4.74 Å². The molecule has 3 N–H and O–H groups in total. The molecule has 0 aliphatic rings. The summed E-state index contributed by atoms with van der Waals surface area (Å²) in [6.07, 6.45) is 4.85. The molecule has 3 heteroatoms. The molecule has 0 aliphatic heterocycles. The third-order valence-electron chi connectivity index (χ3n) is 2.48. The summed E-state index contributed by atoms with van der Waals surface area (Å²) in [5.74, 6) is 0.828. The maximum Gasteiger partial charge on any atom is 0.0477 e. The Morgan fingerprint density at radius 1 is 1.20 bits per heavy atom. The Hall–Kier alpha value is -0.120. The first-order valence-electron chi connectivity index (χ1n) is 6.12. The van der Waals surface area contributed by atoms with Gasteiger partial charge in [0.15, 0.2) is 0 Å². The van der Waals surface area contributed by atoms with Crippen LogP contribution in [-0.4, -0.2) is 32.8 Å². The highest BCUT2D eigenvalue weighted by atomic mass is 16.5. The summed E-state index contributed by atoms with van der Waals surface area (Å²) in [6.45, 7) is 7.30. The zero-order valence-electron chi connectivity index (χ0n) is 10.6. The van der Waals surface area contributed by atoms with Crippen molar-refractivity contribution in [2.75, 3.05) is 26.8 Å². The quantitative estimate of drug-likeness (QED) is 0.547. The molecular weight excluding hydrogens is 188 g/mol. The Morgan fingerprint density at radius 3 is 2.53 bits per heavy atom. The number of unbranched alkanes of at least 4 members (excludes halogenated alkanes) is 1. The van der Waals surface area contributed by atoms with Gasteiger partial charge in [-0.2, -0.15) is 0 Å². The van der Waals surface area contributed by atoms with Gasteiger partial charge in [-0.05, 0) is 25.3 Å². The average molecular weight is 216 g/mol. The van der Waals surface area contributed by atoms with Gasteiger partial charge in [0.1, 0.15) is 0 Å². The van der Waals surface area contributed by atoms with Crippen LogP contribution in [0, 0.1) is 5.92 Å². The molecule has 0 heterocycles. The van der Waals surface area contributed by atoms with Crippen LogP contribution in [0.3, 0.4) is 0 Å². The Kier molecular flexibility index (Phi) is 10.3. The first-order valence-corrected chi connectivity index (χ1v) is 6.12. The Labute approximate surface area is 94.8 Å². The van der Waals surface area contributed by atoms with Crippen molar-refractivity contribution in [2.45, 2.75) is 45.6 Å². The second-order valence-corrected chi connectivity index (χ2v) is 4.64. The van der Waals surface area contributed by atoms with Crippen molar-refractivity contribution in [1.82, 2.24) is 5.32 Å². The molecule has 0 radical (unpaired) electrons. The van der Waals surface area contributed by atoms with Gasteiger partial charge in [-0.15, -0.1) is 0 Å². The summed E-state index contributed by atoms with van der Waals surface area (Å²) in [4.78, 5) is 0. The minimum atomic E-state index is 0.232. The van der Waals surface area contributed by atoms with E-state index >= 15 is 0 Å². The third kappa shape index (κ3) is 11.8. The highest BCUT2D eigenvalue weighted by molar-refractivity contribution is 4.64. The van der Waals surface area contributed by atoms with Gasteiger partial charge in [0.25, 0.3) is 0 Å². The van der Waals surface area contributed by atoms with E-state index in [0.717, 1.165) is 32.0 Å². The molecule has 0 aromatic heterocycles. The van der Waals surface area contributed by atoms with Gasteiger partial charge in [-0.1, -0.05) is 26.7 Å². The molecule has 1 atom stereocenters. The van der Waals surface area contributed by atoms with Crippen LogP contribution in [0.1, 0.15) is 39.5 Å². The number of hydrogen-bond acceptors (Lipinski definition) is 3. The SMILES string of the molecule is COCCC(N)CNCCCCC(C)C. The topological polar surface area (TPSA) is 47.3 Å². The lowest BCUT2D eigenvalue weighted by Gasteiger charge is -2.12. The summed E-state index contributed by atoms with van der Waals surface area (Å²) >= 11 is 0. The molecule has 15 heavy (non-hydrogen) atoms. The van der Waals surface area contributed by atoms with Gasteiger partial charge in [0, 0.05) is 26.3 Å². The average Bonchev–Trinajstić information content (AvgIpc) is 2.19. The fourth-order valence-electron chi connectivity index (χ4n) is 1.46. The number of nitrogens with two attached hydrogens (primary N) is 1. The number of hydrogen-bond donors (Lipinski definition) is 2. The van der Waals surface area contributed by atoms with E-state index in [1.165, 1.54) is 19.3 Å². The third-order valence-corrected chi connectivity index (χ3v) is 2.48. The molecule has 3 nitrogen and oxygen atoms in total. The van der Waals surface area contributed by atoms with Gasteiger partial charge >= 0.3 is 0 Å². The fraction of sp³-hybridized carbons (Fsp3) is 1.00. The van der Waals surface area contributed by atoms with E-state index in [0.29, 0.717) is 0 Å². The minimum absolute atomic E-state index is 0.232. The molecule has 92 valence electrons. The molecule has 0 amide bonds. The summed E-state index contributed by atoms with van der Waals surface area (Å²) in [7, 11) is 1.71. The molecule has 0 spiro atoms. The summed E-state index contributed by atoms with van der Waals surface area (Å²) in [6, 6.07) is 0.232. The van der Waals surface area contributed by atoms with Crippen LogP contribution in [0.5, 0.6) is 0 Å². The van der Waals surface area contributed by atoms with Gasteiger partial charge in [-0.25, -0.2) is 0 Å². The molecular formula is C12H28N2O. The van der Waals surface area contributed by atoms with E-state index in [-0.39, 0.29) is 6.04 Å². The van der Waals surface area contributed by atoms with Crippen molar-refractivity contribution in [2.24, 2.45) is 11.7 Å². The summed E-state index contributed by atoms with van der Waals surface area (Å²) in [5, 5.41) is 3.39. The van der Waals surface area contributed by atoms with Crippen LogP contribution in [0.25, 0.3) is 0 Å². The van der Waals surface area contributed by atoms with E-state index in [1.54, 1.807) is 7.11 Å². The second kappa shape index (κ2) is 10.4. The highest BCUT2D eigenvalue weighted by Gasteiger charge is 2.00. The van der Waals surface area contributed by atoms with E-state index < -0.39 is 0 Å². The molecule has 0 saturated heterocycles. The van der Waals surface area contributed by atoms with Crippen molar-refractivity contribution in [3.05, 3.63) is 0 Å². The van der Waals surface area contributed by atoms with E-state index in [2.05, 4.69) is 19.2 Å². The normalized spacial score (nSPS) is 13.4. The zero-order valence-corrected chi connectivity index (χ0v) is 10.6. The first kappa shape index (κ1) is 14.9. The maximum atomic E-state index is 5.88. The van der Waals surface area contributed by atoms with Crippen molar-refractivity contribution in [1.29, 1.82) is 0 Å². The van der Waals surface area contributed by atoms with Crippen LogP contribution in [0.2, 0.25) is 0 Å². The fourth-order valence-corrected chi connectivity index (χ4v) is 1.46. The lowest BCUT2D eigenvalue weighted by atomic mass is 10.1. The number of rotatable bonds is 10. The van der Waals surface area contributed by atoms with Crippen molar-refractivity contribution in [3.63, 3.8) is 0 Å². The lowest BCUT2D eigenvalue weighted by molar-refractivity contribution is 0.187. The first-order chi connectivity index (χ1) is 7.16. The molecule has 0 aromatic rings. The second-order valence-electron chi connectivity index (χ2n) is 4.64. The van der Waals surface area contributed by atoms with Crippen molar-refractivity contribution < 1.29 is 4.74 Å². The molecule has 0 fully saturated rings. The maximum absolute atomic E-state index is 5.88. The standard InChI is InChI=1S/C12H28N2O/c1-11(2)6-4-5-8-14-10-12(13)7-9-15-3/h11-12,14H,4-10,13H2,1-3H3. The molecule has 0 aromatic carbocycles. The Balaban J connectivity index is 3.09. The van der Waals surface area contributed by atoms with E-state index in [4.69, 9.17) is 10.5 Å². The molecule has 0 bridgehead atoms. The molecule has 0 aliphatic carbocycles. The monoisotopic (exact) mass is 216 g/mol. The zero-order chi connectivity index (χ0) is 11.5. The van der Waals surface area contributed by atoms with E-state index in [9.17, 15) is 0 Å². The Bertz CT molecular complexity index is 129. The van der Waals surface area contributed by atoms with Crippen LogP contribution in [0.4, 0.5) is 0 Å². The largest absolute Gasteiger partial charge is 0.385 e. The van der Waals surface area contributed by atoms with Crippen molar-refractivity contribution in [3.8, 4) is 0 Å². The van der Waals surface area contributed by atoms with Gasteiger partial charge < -0.3 is 15.8 Å². The highest BCUT2D eigenvalue weighted by Crippen LogP contribution is 2.04. The molecule has 0 rings (SSSR count). The summed E-state index contributed by atoms with van der Waals surface area (Å²) in [5.41, 5.74) is 5.88. The van der Waals surface area contributed by atoms with Crippen LogP contribution in [0.15, 0.2) is 0 Å². The van der Waals surface area contributed by atoms with Crippen LogP contribution < -0.4 is 11.1 Å². The van der Waals surface area contributed by atoms with Crippen LogP contribution >= 0.6 is 0 Å².